The van der Waals surface area contributed by atoms with Crippen molar-refractivity contribution in [3.05, 3.63) is 0 Å². The summed E-state index contributed by atoms with van der Waals surface area (Å²) in [5.74, 6) is 2.36. The van der Waals surface area contributed by atoms with E-state index in [9.17, 15) is 9.46 Å². The fourth-order valence-corrected chi connectivity index (χ4v) is 3.19. The Morgan fingerprint density at radius 1 is 1.62 bits per heavy atom. The van der Waals surface area contributed by atoms with Gasteiger partial charge in [-0.2, -0.15) is 0 Å². The van der Waals surface area contributed by atoms with Crippen LogP contribution in [0.1, 0.15) is 0 Å². The lowest BCUT2D eigenvalue weighted by Crippen LogP contribution is -2.45. The van der Waals surface area contributed by atoms with Crippen molar-refractivity contribution in [2.24, 2.45) is 0 Å². The van der Waals surface area contributed by atoms with Gasteiger partial charge in [-0.15, -0.1) is 0 Å². The van der Waals surface area contributed by atoms with Gasteiger partial charge < -0.3 is 14.7 Å². The minimum absolute atomic E-state index is 0.437. The first-order chi connectivity index (χ1) is 7.45. The average molecular weight is 264 g/mol. The van der Waals surface area contributed by atoms with E-state index in [1.165, 1.54) is 0 Å². The number of rotatable bonds is 1. The summed E-state index contributed by atoms with van der Waals surface area (Å²) in [6.07, 6.45) is -1.93. The third-order valence-electron chi connectivity index (χ3n) is 2.44. The van der Waals surface area contributed by atoms with Crippen LogP contribution in [0.3, 0.4) is 0 Å². The van der Waals surface area contributed by atoms with Gasteiger partial charge in [0, 0.05) is 5.38 Å². The Balaban J connectivity index is 2.42. The number of phosphoric ester groups is 1. The van der Waals surface area contributed by atoms with E-state index in [-0.39, 0.29) is 0 Å². The zero-order valence-corrected chi connectivity index (χ0v) is 9.52. The maximum atomic E-state index is 11.3. The van der Waals surface area contributed by atoms with Crippen molar-refractivity contribution in [1.82, 2.24) is 0 Å². The summed E-state index contributed by atoms with van der Waals surface area (Å²) in [5.41, 5.74) is -1.61. The van der Waals surface area contributed by atoms with Crippen LogP contribution in [-0.2, 0) is 18.3 Å². The van der Waals surface area contributed by atoms with Crippen LogP contribution in [-0.4, -0.2) is 48.3 Å². The molecular formula is C7H7BClO6P. The largest absolute Gasteiger partial charge is 0.474 e. The van der Waals surface area contributed by atoms with Gasteiger partial charge in [0.25, 0.3) is 0 Å². The van der Waals surface area contributed by atoms with Gasteiger partial charge >= 0.3 is 7.82 Å². The summed E-state index contributed by atoms with van der Waals surface area (Å²) in [7, 11) is 1.36. The summed E-state index contributed by atoms with van der Waals surface area (Å²) < 4.78 is 26.0. The monoisotopic (exact) mass is 264 g/mol. The molecule has 2 heterocycles. The second-order valence-electron chi connectivity index (χ2n) is 3.38. The molecule has 86 valence electrons. The Morgan fingerprint density at radius 2 is 2.31 bits per heavy atom. The Bertz CT molecular complexity index is 407. The summed E-state index contributed by atoms with van der Waals surface area (Å²) in [5, 5.41) is 11.0. The van der Waals surface area contributed by atoms with Gasteiger partial charge in [-0.3, -0.25) is 9.05 Å². The van der Waals surface area contributed by atoms with Gasteiger partial charge in [0.05, 0.1) is 12.6 Å². The molecule has 0 amide bonds. The van der Waals surface area contributed by atoms with Crippen LogP contribution in [0.25, 0.3) is 0 Å². The molecule has 2 aliphatic heterocycles. The Kier molecular flexibility index (Phi) is 3.10. The number of fused-ring (bicyclic) bond motifs is 1. The number of aliphatic hydroxyl groups is 1. The maximum Gasteiger partial charge on any atom is 0.474 e. The molecule has 16 heavy (non-hydrogen) atoms. The van der Waals surface area contributed by atoms with Gasteiger partial charge in [-0.25, -0.2) is 4.57 Å². The van der Waals surface area contributed by atoms with E-state index in [1.54, 1.807) is 0 Å². The number of hydrogen-bond acceptors (Lipinski definition) is 5. The maximum absolute atomic E-state index is 11.3. The number of phosphoric acid groups is 1. The van der Waals surface area contributed by atoms with E-state index in [4.69, 9.17) is 38.3 Å². The van der Waals surface area contributed by atoms with Crippen LogP contribution in [0, 0.1) is 11.3 Å². The van der Waals surface area contributed by atoms with Crippen molar-refractivity contribution in [1.29, 1.82) is 0 Å². The predicted molar refractivity (Wildman–Crippen MR) is 53.6 cm³/mol. The first kappa shape index (κ1) is 12.4. The fourth-order valence-electron chi connectivity index (χ4n) is 1.78. The predicted octanol–water partition coefficient (Wildman–Crippen LogP) is -0.674. The molecule has 2 unspecified atom stereocenters. The van der Waals surface area contributed by atoms with Crippen LogP contribution < -0.4 is 0 Å². The molecule has 2 aliphatic rings. The molecule has 0 spiro atoms. The van der Waals surface area contributed by atoms with Crippen molar-refractivity contribution in [2.45, 2.75) is 23.8 Å². The minimum Gasteiger partial charge on any atom is -0.394 e. The molecule has 5 atom stereocenters. The summed E-state index contributed by atoms with van der Waals surface area (Å²) in [4.78, 5) is 9.23. The van der Waals surface area contributed by atoms with Gasteiger partial charge in [0.2, 0.25) is 0 Å². The van der Waals surface area contributed by atoms with Crippen molar-refractivity contribution in [2.75, 3.05) is 6.61 Å². The average Bonchev–Trinajstić information content (AvgIpc) is 2.58. The molecule has 0 aliphatic carbocycles. The second-order valence-corrected chi connectivity index (χ2v) is 4.90. The van der Waals surface area contributed by atoms with Crippen LogP contribution in [0.5, 0.6) is 0 Å². The number of hydrogen-bond donors (Lipinski definition) is 2. The van der Waals surface area contributed by atoms with Crippen molar-refractivity contribution in [3.8, 4) is 11.3 Å². The summed E-state index contributed by atoms with van der Waals surface area (Å²) >= 11 is 5.25. The van der Waals surface area contributed by atoms with Crippen LogP contribution in [0.4, 0.5) is 0 Å². The van der Waals surface area contributed by atoms with E-state index >= 15 is 0 Å². The lowest BCUT2D eigenvalue weighted by atomic mass is 9.81. The quantitative estimate of drug-likeness (QED) is 0.371. The van der Waals surface area contributed by atoms with Crippen molar-refractivity contribution < 1.29 is 28.3 Å². The Labute approximate surface area is 97.9 Å². The molecule has 2 saturated heterocycles. The zero-order valence-electron chi connectivity index (χ0n) is 7.87. The fraction of sp³-hybridized carbons (Fsp3) is 0.714. The van der Waals surface area contributed by atoms with E-state index in [1.807, 2.05) is 5.38 Å². The van der Waals surface area contributed by atoms with E-state index in [2.05, 4.69) is 5.92 Å². The molecule has 0 aromatic carbocycles. The zero-order chi connectivity index (χ0) is 12.0. The lowest BCUT2D eigenvalue weighted by Gasteiger charge is -2.21. The van der Waals surface area contributed by atoms with E-state index in [0.717, 1.165) is 0 Å². The van der Waals surface area contributed by atoms with Crippen molar-refractivity contribution >= 4 is 27.3 Å². The van der Waals surface area contributed by atoms with Gasteiger partial charge in [0.15, 0.2) is 5.60 Å². The number of aliphatic hydroxyl groups excluding tert-OH is 1. The van der Waals surface area contributed by atoms with Crippen LogP contribution in [0.2, 0.25) is 0 Å². The standard InChI is InChI=1S/C7H7BClO6P/c8-6-7(1-2-9)5(4(3-10)13-6)14-16(11,12)15-7/h4-6,10H,3H2,(H,11,12)/t4-,5?,6-,7-/m1/s1. The molecule has 2 fully saturated rings. The van der Waals surface area contributed by atoms with Gasteiger partial charge in [0.1, 0.15) is 20.1 Å². The highest BCUT2D eigenvalue weighted by Crippen LogP contribution is 2.61. The van der Waals surface area contributed by atoms with Crippen LogP contribution >= 0.6 is 19.4 Å². The molecule has 2 N–H and O–H groups in total. The summed E-state index contributed by atoms with van der Waals surface area (Å²) in [6.45, 7) is -0.437. The first-order valence-corrected chi connectivity index (χ1v) is 6.19. The topological polar surface area (TPSA) is 85.2 Å². The third kappa shape index (κ3) is 1.71. The van der Waals surface area contributed by atoms with Crippen molar-refractivity contribution in [3.63, 3.8) is 0 Å². The molecule has 0 saturated carbocycles. The minimum atomic E-state index is -4.24. The Hall–Kier alpha value is -0.0551. The number of halogens is 1. The summed E-state index contributed by atoms with van der Waals surface area (Å²) in [6, 6.07) is -1.12. The highest BCUT2D eigenvalue weighted by Gasteiger charge is 2.65. The second kappa shape index (κ2) is 4.00. The van der Waals surface area contributed by atoms with Gasteiger partial charge in [-0.1, -0.05) is 0 Å². The molecule has 0 aromatic heterocycles. The molecule has 9 heteroatoms. The first-order valence-electron chi connectivity index (χ1n) is 4.32. The molecule has 2 rings (SSSR count). The third-order valence-corrected chi connectivity index (χ3v) is 3.56. The lowest BCUT2D eigenvalue weighted by molar-refractivity contribution is -0.00473. The molecule has 0 aromatic rings. The SMILES string of the molecule is [B][C@@H]1O[C@H](CO)C2OP(=O)(O)O[C@]21C#CCl. The van der Waals surface area contributed by atoms with E-state index in [0.29, 0.717) is 0 Å². The smallest absolute Gasteiger partial charge is 0.394 e. The van der Waals surface area contributed by atoms with Gasteiger partial charge in [-0.05, 0) is 17.5 Å². The Morgan fingerprint density at radius 3 is 2.88 bits per heavy atom. The van der Waals surface area contributed by atoms with E-state index < -0.39 is 38.2 Å². The normalized spacial score (nSPS) is 50.8. The molecule has 2 radical (unpaired) electrons. The van der Waals surface area contributed by atoms with Crippen LogP contribution in [0.15, 0.2) is 0 Å². The molecule has 6 nitrogen and oxygen atoms in total. The number of ether oxygens (including phenoxy) is 1. The highest BCUT2D eigenvalue weighted by molar-refractivity contribution is 7.47. The molecular weight excluding hydrogens is 257 g/mol. The highest BCUT2D eigenvalue weighted by atomic mass is 35.5. The molecule has 0 bridgehead atoms.